The molecule has 0 radical (unpaired) electrons. The average Bonchev–Trinajstić information content (AvgIpc) is 2.96. The Kier molecular flexibility index (Phi) is 8.41. The number of rotatable bonds is 9. The van der Waals surface area contributed by atoms with Crippen LogP contribution in [0.25, 0.3) is 0 Å². The van der Waals surface area contributed by atoms with Gasteiger partial charge < -0.3 is 30.6 Å². The lowest BCUT2D eigenvalue weighted by atomic mass is 10.2. The molecule has 0 amide bonds. The largest absolute Gasteiger partial charge is 1.00 e. The van der Waals surface area contributed by atoms with Crippen LogP contribution in [0.15, 0.2) is 40.8 Å². The molecule has 0 N–H and O–H groups in total. The van der Waals surface area contributed by atoms with Crippen LogP contribution in [-0.4, -0.2) is 36.7 Å². The number of ether oxygens (including phenoxy) is 1. The third kappa shape index (κ3) is 7.05. The highest BCUT2D eigenvalue weighted by molar-refractivity contribution is 6.32. The van der Waals surface area contributed by atoms with Gasteiger partial charge in [0.1, 0.15) is 17.2 Å². The van der Waals surface area contributed by atoms with Gasteiger partial charge in [0.15, 0.2) is 5.76 Å². The Morgan fingerprint density at radius 2 is 1.92 bits per heavy atom. The van der Waals surface area contributed by atoms with Gasteiger partial charge >= 0.3 is 5.88 Å². The van der Waals surface area contributed by atoms with Crippen LogP contribution in [0, 0.1) is 10.1 Å². The lowest BCUT2D eigenvalue weighted by Crippen LogP contribution is -3.00. The zero-order chi connectivity index (χ0) is 17.6. The highest BCUT2D eigenvalue weighted by atomic mass is 79.9. The molecule has 1 aromatic heterocycles. The Morgan fingerprint density at radius 3 is 2.56 bits per heavy atom. The Hall–Kier alpha value is -1.57. The van der Waals surface area contributed by atoms with E-state index < -0.39 is 4.92 Å². The molecule has 1 heterocycles. The SMILES string of the molecule is C[N+](C)(CCCCOc1ccccc1Cl)Cc1ccc([N+](=O)[O-])o1.[Br-]. The Labute approximate surface area is 162 Å². The fourth-order valence-electron chi connectivity index (χ4n) is 2.44. The number of furan rings is 1. The Morgan fingerprint density at radius 1 is 1.20 bits per heavy atom. The van der Waals surface area contributed by atoms with Crippen LogP contribution in [0.1, 0.15) is 18.6 Å². The van der Waals surface area contributed by atoms with Gasteiger partial charge in [-0.3, -0.25) is 10.1 Å². The second-order valence-corrected chi connectivity index (χ2v) is 6.71. The van der Waals surface area contributed by atoms with Crippen molar-refractivity contribution in [2.24, 2.45) is 0 Å². The minimum atomic E-state index is -0.518. The van der Waals surface area contributed by atoms with Gasteiger partial charge in [-0.1, -0.05) is 23.7 Å². The molecule has 2 aromatic rings. The molecule has 25 heavy (non-hydrogen) atoms. The molecular weight excluding hydrogens is 412 g/mol. The van der Waals surface area contributed by atoms with E-state index in [4.69, 9.17) is 20.8 Å². The predicted octanol–water partition coefficient (Wildman–Crippen LogP) is 1.28. The van der Waals surface area contributed by atoms with E-state index in [0.29, 0.717) is 34.2 Å². The number of nitrogens with zero attached hydrogens (tertiary/aromatic N) is 2. The summed E-state index contributed by atoms with van der Waals surface area (Å²) in [5.74, 6) is 1.12. The van der Waals surface area contributed by atoms with Gasteiger partial charge in [-0.15, -0.1) is 0 Å². The molecule has 6 nitrogen and oxygen atoms in total. The number of nitro groups is 1. The first-order chi connectivity index (χ1) is 11.4. The summed E-state index contributed by atoms with van der Waals surface area (Å²) in [6.45, 7) is 2.13. The van der Waals surface area contributed by atoms with E-state index in [0.717, 1.165) is 19.4 Å². The van der Waals surface area contributed by atoms with Gasteiger partial charge in [-0.05, 0) is 31.0 Å². The standard InChI is InChI=1S/C17H22ClN2O4.BrH/c1-20(2,13-14-9-10-17(24-14)19(21)22)11-5-6-12-23-16-8-4-3-7-15(16)18;/h3-4,7-10H,5-6,11-13H2,1-2H3;1H/q+1;/p-1. The van der Waals surface area contributed by atoms with Crippen molar-refractivity contribution < 1.29 is 35.5 Å². The van der Waals surface area contributed by atoms with Crippen LogP contribution in [0.5, 0.6) is 5.75 Å². The first kappa shape index (κ1) is 21.5. The number of hydrogen-bond acceptors (Lipinski definition) is 4. The van der Waals surface area contributed by atoms with Crippen molar-refractivity contribution in [2.75, 3.05) is 27.2 Å². The monoisotopic (exact) mass is 432 g/mol. The highest BCUT2D eigenvalue weighted by Crippen LogP contribution is 2.23. The van der Waals surface area contributed by atoms with Crippen molar-refractivity contribution in [3.8, 4) is 5.75 Å². The smallest absolute Gasteiger partial charge is 0.433 e. The summed E-state index contributed by atoms with van der Waals surface area (Å²) in [5, 5.41) is 11.3. The molecule has 138 valence electrons. The molecule has 1 aromatic carbocycles. The number of para-hydroxylation sites is 1. The second kappa shape index (κ2) is 9.79. The normalized spacial score (nSPS) is 11.0. The Bertz CT molecular complexity index is 691. The van der Waals surface area contributed by atoms with E-state index in [9.17, 15) is 10.1 Å². The van der Waals surface area contributed by atoms with Crippen LogP contribution < -0.4 is 21.7 Å². The van der Waals surface area contributed by atoms with E-state index in [-0.39, 0.29) is 22.9 Å². The van der Waals surface area contributed by atoms with Gasteiger partial charge in [0.05, 0.1) is 38.3 Å². The van der Waals surface area contributed by atoms with E-state index in [1.807, 2.05) is 18.2 Å². The quantitative estimate of drug-likeness (QED) is 0.259. The maximum absolute atomic E-state index is 10.6. The number of benzene rings is 1. The predicted molar refractivity (Wildman–Crippen MR) is 92.2 cm³/mol. The molecule has 2 rings (SSSR count). The van der Waals surface area contributed by atoms with E-state index in [1.54, 1.807) is 12.1 Å². The van der Waals surface area contributed by atoms with E-state index in [2.05, 4.69) is 14.1 Å². The first-order valence-electron chi connectivity index (χ1n) is 7.80. The number of hydrogen-bond donors (Lipinski definition) is 0. The minimum Gasteiger partial charge on any atom is -1.00 e. The fraction of sp³-hybridized carbons (Fsp3) is 0.412. The maximum Gasteiger partial charge on any atom is 0.433 e. The molecule has 0 aliphatic rings. The van der Waals surface area contributed by atoms with Gasteiger partial charge in [-0.25, -0.2) is 0 Å². The van der Waals surface area contributed by atoms with Crippen LogP contribution in [-0.2, 0) is 6.54 Å². The van der Waals surface area contributed by atoms with Gasteiger partial charge in [0.25, 0.3) is 0 Å². The summed E-state index contributed by atoms with van der Waals surface area (Å²) >= 11 is 6.04. The van der Waals surface area contributed by atoms with Crippen molar-refractivity contribution in [2.45, 2.75) is 19.4 Å². The van der Waals surface area contributed by atoms with E-state index >= 15 is 0 Å². The molecule has 0 aliphatic heterocycles. The van der Waals surface area contributed by atoms with Gasteiger partial charge in [-0.2, -0.15) is 0 Å². The average molecular weight is 434 g/mol. The molecule has 0 saturated carbocycles. The molecule has 0 aliphatic carbocycles. The van der Waals surface area contributed by atoms with Crippen molar-refractivity contribution in [3.63, 3.8) is 0 Å². The summed E-state index contributed by atoms with van der Waals surface area (Å²) in [6, 6.07) is 10.5. The van der Waals surface area contributed by atoms with E-state index in [1.165, 1.54) is 6.07 Å². The van der Waals surface area contributed by atoms with Crippen LogP contribution >= 0.6 is 11.6 Å². The van der Waals surface area contributed by atoms with Crippen LogP contribution in [0.4, 0.5) is 5.88 Å². The highest BCUT2D eigenvalue weighted by Gasteiger charge is 2.20. The number of halogens is 2. The minimum absolute atomic E-state index is 0. The maximum atomic E-state index is 10.6. The van der Waals surface area contributed by atoms with Crippen molar-refractivity contribution in [1.82, 2.24) is 0 Å². The number of unbranched alkanes of at least 4 members (excludes halogenated alkanes) is 1. The summed E-state index contributed by atoms with van der Waals surface area (Å²) in [4.78, 5) is 10.1. The Balaban J connectivity index is 0.00000312. The summed E-state index contributed by atoms with van der Waals surface area (Å²) in [6.07, 6.45) is 1.88. The summed E-state index contributed by atoms with van der Waals surface area (Å²) < 4.78 is 11.6. The van der Waals surface area contributed by atoms with Crippen molar-refractivity contribution in [1.29, 1.82) is 0 Å². The molecule has 0 bridgehead atoms. The summed E-state index contributed by atoms with van der Waals surface area (Å²) in [5.41, 5.74) is 0. The zero-order valence-corrected chi connectivity index (χ0v) is 16.6. The molecule has 0 spiro atoms. The molecule has 0 saturated heterocycles. The van der Waals surface area contributed by atoms with Gasteiger partial charge in [0, 0.05) is 0 Å². The van der Waals surface area contributed by atoms with Crippen molar-refractivity contribution in [3.05, 3.63) is 57.3 Å². The lowest BCUT2D eigenvalue weighted by molar-refractivity contribution is -0.904. The third-order valence-corrected chi connectivity index (χ3v) is 3.98. The molecule has 0 unspecified atom stereocenters. The number of quaternary nitrogens is 1. The van der Waals surface area contributed by atoms with Crippen LogP contribution in [0.2, 0.25) is 5.02 Å². The fourth-order valence-corrected chi connectivity index (χ4v) is 2.63. The molecule has 0 atom stereocenters. The second-order valence-electron chi connectivity index (χ2n) is 6.30. The topological polar surface area (TPSA) is 65.5 Å². The van der Waals surface area contributed by atoms with Crippen LogP contribution in [0.3, 0.4) is 0 Å². The first-order valence-corrected chi connectivity index (χ1v) is 8.18. The molecule has 0 fully saturated rings. The van der Waals surface area contributed by atoms with Crippen molar-refractivity contribution >= 4 is 17.5 Å². The molecular formula is C17H22BrClN2O4. The van der Waals surface area contributed by atoms with Gasteiger partial charge in [0.2, 0.25) is 0 Å². The zero-order valence-electron chi connectivity index (χ0n) is 14.3. The third-order valence-electron chi connectivity index (χ3n) is 3.66. The lowest BCUT2D eigenvalue weighted by Gasteiger charge is -2.28. The summed E-state index contributed by atoms with van der Waals surface area (Å²) in [7, 11) is 4.15. The molecule has 8 heteroatoms.